The molecule has 0 saturated heterocycles. The Morgan fingerprint density at radius 1 is 1.75 bits per heavy atom. The van der Waals surface area contributed by atoms with E-state index in [4.69, 9.17) is 0 Å². The van der Waals surface area contributed by atoms with E-state index in [9.17, 15) is 10.1 Å². The summed E-state index contributed by atoms with van der Waals surface area (Å²) >= 11 is 0. The van der Waals surface area contributed by atoms with E-state index in [0.717, 1.165) is 5.48 Å². The first kappa shape index (κ1) is 9.09. The zero-order chi connectivity index (χ0) is 9.19. The minimum Gasteiger partial charge on any atom is -0.635 e. The molecule has 2 atom stereocenters. The number of hydrogen-bond acceptors (Lipinski definition) is 3. The monoisotopic (exact) mass is 168 g/mol. The van der Waals surface area contributed by atoms with Gasteiger partial charge in [-0.1, -0.05) is 6.92 Å². The maximum Gasteiger partial charge on any atom is 0.118 e. The topological polar surface area (TPSA) is 69.1 Å². The van der Waals surface area contributed by atoms with Gasteiger partial charge >= 0.3 is 0 Å². The van der Waals surface area contributed by atoms with Gasteiger partial charge in [-0.2, -0.15) is 0 Å². The molecule has 1 aliphatic rings. The predicted octanol–water partition coefficient (Wildman–Crippen LogP) is 0.663. The molecule has 0 aliphatic heterocycles. The lowest BCUT2D eigenvalue weighted by Crippen LogP contribution is -2.92. The molecule has 0 radical (unpaired) electrons. The summed E-state index contributed by atoms with van der Waals surface area (Å²) in [6.07, 6.45) is 5.02. The Hall–Kier alpha value is -1.00. The Kier molecular flexibility index (Phi) is 2.40. The van der Waals surface area contributed by atoms with Crippen molar-refractivity contribution in [1.82, 2.24) is 0 Å². The van der Waals surface area contributed by atoms with Crippen LogP contribution in [0.25, 0.3) is 0 Å². The quantitative estimate of drug-likeness (QED) is 0.486. The SMILES string of the molecule is CC1C=C(N=O)C=CC1(C)[NH2+][O-]. The van der Waals surface area contributed by atoms with Crippen molar-refractivity contribution >= 4 is 0 Å². The van der Waals surface area contributed by atoms with E-state index in [1.165, 1.54) is 0 Å². The third kappa shape index (κ3) is 1.44. The van der Waals surface area contributed by atoms with Gasteiger partial charge in [-0.3, -0.25) is 0 Å². The average molecular weight is 168 g/mol. The lowest BCUT2D eigenvalue weighted by molar-refractivity contribution is -0.659. The number of rotatable bonds is 2. The van der Waals surface area contributed by atoms with Crippen molar-refractivity contribution in [3.63, 3.8) is 0 Å². The molecule has 0 aromatic heterocycles. The third-order valence-corrected chi connectivity index (χ3v) is 2.37. The maximum atomic E-state index is 10.7. The van der Waals surface area contributed by atoms with Crippen LogP contribution >= 0.6 is 0 Å². The Morgan fingerprint density at radius 2 is 2.42 bits per heavy atom. The summed E-state index contributed by atoms with van der Waals surface area (Å²) in [5.74, 6) is 0.0349. The summed E-state index contributed by atoms with van der Waals surface area (Å²) in [6.45, 7) is 3.72. The fourth-order valence-corrected chi connectivity index (χ4v) is 1.12. The van der Waals surface area contributed by atoms with E-state index < -0.39 is 5.54 Å². The minimum absolute atomic E-state index is 0.0349. The van der Waals surface area contributed by atoms with Crippen LogP contribution < -0.4 is 5.48 Å². The molecule has 1 aliphatic carbocycles. The van der Waals surface area contributed by atoms with Gasteiger partial charge in [0.15, 0.2) is 0 Å². The molecule has 0 aromatic carbocycles. The predicted molar refractivity (Wildman–Crippen MR) is 45.9 cm³/mol. The summed E-state index contributed by atoms with van der Waals surface area (Å²) in [6, 6.07) is 0. The van der Waals surface area contributed by atoms with Gasteiger partial charge in [-0.15, -0.1) is 4.91 Å². The van der Waals surface area contributed by atoms with Crippen LogP contribution in [0.15, 0.2) is 29.1 Å². The van der Waals surface area contributed by atoms with Gasteiger partial charge in [-0.25, -0.2) is 0 Å². The number of hydroxylamine groups is 1. The van der Waals surface area contributed by atoms with Crippen LogP contribution in [-0.4, -0.2) is 5.54 Å². The summed E-state index contributed by atoms with van der Waals surface area (Å²) in [5, 5.41) is 13.5. The molecule has 66 valence electrons. The first-order valence-corrected chi connectivity index (χ1v) is 3.83. The van der Waals surface area contributed by atoms with Crippen LogP contribution in [0.1, 0.15) is 13.8 Å². The highest BCUT2D eigenvalue weighted by Gasteiger charge is 2.30. The number of nitrogens with two attached hydrogens (primary N) is 1. The van der Waals surface area contributed by atoms with Crippen molar-refractivity contribution < 1.29 is 5.48 Å². The van der Waals surface area contributed by atoms with E-state index in [2.05, 4.69) is 5.18 Å². The summed E-state index contributed by atoms with van der Waals surface area (Å²) in [4.78, 5) is 10.1. The molecule has 2 N–H and O–H groups in total. The zero-order valence-electron chi connectivity index (χ0n) is 7.15. The molecular weight excluding hydrogens is 156 g/mol. The van der Waals surface area contributed by atoms with Crippen LogP contribution in [0.3, 0.4) is 0 Å². The highest BCUT2D eigenvalue weighted by atomic mass is 16.5. The number of quaternary nitrogens is 1. The highest BCUT2D eigenvalue weighted by molar-refractivity contribution is 5.27. The van der Waals surface area contributed by atoms with Gasteiger partial charge in [0.1, 0.15) is 11.2 Å². The fourth-order valence-electron chi connectivity index (χ4n) is 1.12. The van der Waals surface area contributed by atoms with Gasteiger partial charge in [0, 0.05) is 5.92 Å². The van der Waals surface area contributed by atoms with Crippen LogP contribution in [0.5, 0.6) is 0 Å². The molecule has 0 saturated carbocycles. The van der Waals surface area contributed by atoms with Crippen LogP contribution in [0, 0.1) is 16.0 Å². The molecule has 1 rings (SSSR count). The van der Waals surface area contributed by atoms with Gasteiger partial charge < -0.3 is 10.7 Å². The second-order valence-corrected chi connectivity index (χ2v) is 3.29. The Balaban J connectivity index is 2.87. The number of nitrogens with zero attached hydrogens (tertiary/aromatic N) is 1. The van der Waals surface area contributed by atoms with Crippen LogP contribution in [0.4, 0.5) is 0 Å². The van der Waals surface area contributed by atoms with E-state index in [-0.39, 0.29) is 5.92 Å². The third-order valence-electron chi connectivity index (χ3n) is 2.37. The van der Waals surface area contributed by atoms with Crippen LogP contribution in [-0.2, 0) is 0 Å². The van der Waals surface area contributed by atoms with Crippen molar-refractivity contribution in [2.24, 2.45) is 11.1 Å². The van der Waals surface area contributed by atoms with E-state index in [0.29, 0.717) is 5.70 Å². The van der Waals surface area contributed by atoms with E-state index in [1.807, 2.05) is 13.8 Å². The highest BCUT2D eigenvalue weighted by Crippen LogP contribution is 2.23. The van der Waals surface area contributed by atoms with Gasteiger partial charge in [0.05, 0.1) is 0 Å². The lowest BCUT2D eigenvalue weighted by atomic mass is 9.83. The largest absolute Gasteiger partial charge is 0.635 e. The second kappa shape index (κ2) is 3.16. The van der Waals surface area contributed by atoms with Crippen LogP contribution in [0.2, 0.25) is 0 Å². The number of nitroso groups, excluding NO2 is 1. The van der Waals surface area contributed by atoms with E-state index >= 15 is 0 Å². The first-order chi connectivity index (χ1) is 5.62. The minimum atomic E-state index is -0.478. The van der Waals surface area contributed by atoms with Crippen molar-refractivity contribution in [3.05, 3.63) is 34.0 Å². The van der Waals surface area contributed by atoms with Gasteiger partial charge in [-0.05, 0) is 30.3 Å². The molecular formula is C8H12N2O2. The Labute approximate surface area is 70.9 Å². The molecule has 0 aromatic rings. The molecule has 0 heterocycles. The number of hydrogen-bond donors (Lipinski definition) is 1. The van der Waals surface area contributed by atoms with E-state index in [1.54, 1.807) is 18.2 Å². The van der Waals surface area contributed by atoms with Crippen molar-refractivity contribution in [2.75, 3.05) is 0 Å². The maximum absolute atomic E-state index is 10.7. The Bertz CT molecular complexity index is 247. The van der Waals surface area contributed by atoms with Gasteiger partial charge in [0.25, 0.3) is 0 Å². The zero-order valence-corrected chi connectivity index (χ0v) is 7.15. The smallest absolute Gasteiger partial charge is 0.118 e. The Morgan fingerprint density at radius 3 is 2.83 bits per heavy atom. The lowest BCUT2D eigenvalue weighted by Gasteiger charge is -2.32. The molecule has 4 nitrogen and oxygen atoms in total. The molecule has 0 spiro atoms. The number of allylic oxidation sites excluding steroid dienone is 1. The standard InChI is InChI=1S/C8H12N2O2/c1-6-5-7(9-11)3-4-8(6,2)10-12/h3-6H,10H2,1-2H3. The molecule has 0 amide bonds. The normalized spacial score (nSPS) is 34.6. The molecule has 2 unspecified atom stereocenters. The van der Waals surface area contributed by atoms with Gasteiger partial charge in [0.2, 0.25) is 0 Å². The molecule has 0 fully saturated rings. The molecule has 12 heavy (non-hydrogen) atoms. The van der Waals surface area contributed by atoms with Crippen molar-refractivity contribution in [3.8, 4) is 0 Å². The summed E-state index contributed by atoms with van der Waals surface area (Å²) in [7, 11) is 0. The van der Waals surface area contributed by atoms with Crippen molar-refractivity contribution in [2.45, 2.75) is 19.4 Å². The molecule has 0 bridgehead atoms. The first-order valence-electron chi connectivity index (χ1n) is 3.83. The molecule has 4 heteroatoms. The summed E-state index contributed by atoms with van der Waals surface area (Å²) in [5.41, 5.74) is 0.822. The fraction of sp³-hybridized carbons (Fsp3) is 0.500. The average Bonchev–Trinajstić information content (AvgIpc) is 2.10. The van der Waals surface area contributed by atoms with Crippen molar-refractivity contribution in [1.29, 1.82) is 0 Å². The summed E-state index contributed by atoms with van der Waals surface area (Å²) < 4.78 is 0. The second-order valence-electron chi connectivity index (χ2n) is 3.29.